The molecular weight excluding hydrogens is 482 g/mol. The SMILES string of the molecule is CC(=O)O.CC(C)(C)C(=O)Oc1ccc(-c2nnn(CCOC(=O)c3ccc(NC(=N)N)cc3)n2)cc1. The molecule has 0 aliphatic heterocycles. The van der Waals surface area contributed by atoms with Crippen LogP contribution < -0.4 is 15.8 Å². The molecule has 0 unspecified atom stereocenters. The molecule has 0 atom stereocenters. The molecule has 0 spiro atoms. The lowest BCUT2D eigenvalue weighted by Crippen LogP contribution is -2.25. The van der Waals surface area contributed by atoms with Gasteiger partial charge in [-0.2, -0.15) is 4.80 Å². The minimum atomic E-state index is -0.833. The Morgan fingerprint density at radius 1 is 1.08 bits per heavy atom. The topological polar surface area (TPSA) is 195 Å². The number of hydrogen-bond acceptors (Lipinski definition) is 9. The van der Waals surface area contributed by atoms with Crippen LogP contribution in [0, 0.1) is 10.8 Å². The van der Waals surface area contributed by atoms with Gasteiger partial charge in [0.05, 0.1) is 17.5 Å². The normalized spacial score (nSPS) is 10.5. The summed E-state index contributed by atoms with van der Waals surface area (Å²) in [7, 11) is 0. The third-order valence-electron chi connectivity index (χ3n) is 4.31. The summed E-state index contributed by atoms with van der Waals surface area (Å²) in [6.07, 6.45) is 0. The van der Waals surface area contributed by atoms with Crippen LogP contribution in [0.1, 0.15) is 38.1 Å². The zero-order valence-electron chi connectivity index (χ0n) is 20.9. The molecule has 1 aromatic heterocycles. The van der Waals surface area contributed by atoms with E-state index in [1.807, 2.05) is 0 Å². The number of carboxylic acid groups (broad SMARTS) is 1. The Labute approximate surface area is 213 Å². The number of tetrazole rings is 1. The van der Waals surface area contributed by atoms with Crippen molar-refractivity contribution in [3.8, 4) is 17.1 Å². The van der Waals surface area contributed by atoms with E-state index in [2.05, 4.69) is 20.7 Å². The number of carbonyl (C=O) groups is 3. The molecule has 0 radical (unpaired) electrons. The number of carbonyl (C=O) groups excluding carboxylic acids is 2. The summed E-state index contributed by atoms with van der Waals surface area (Å²) in [6, 6.07) is 13.2. The number of guanidine groups is 1. The predicted octanol–water partition coefficient (Wildman–Crippen LogP) is 2.54. The number of anilines is 1. The van der Waals surface area contributed by atoms with Gasteiger partial charge in [0.25, 0.3) is 5.97 Å². The van der Waals surface area contributed by atoms with Crippen LogP contribution in [-0.4, -0.2) is 55.8 Å². The van der Waals surface area contributed by atoms with E-state index < -0.39 is 17.4 Å². The smallest absolute Gasteiger partial charge is 0.338 e. The molecule has 3 aromatic rings. The molecule has 3 rings (SSSR count). The Morgan fingerprint density at radius 3 is 2.22 bits per heavy atom. The average molecular weight is 512 g/mol. The first kappa shape index (κ1) is 28.4. The summed E-state index contributed by atoms with van der Waals surface area (Å²) in [5.74, 6) is -1.01. The number of carboxylic acids is 1. The molecule has 196 valence electrons. The van der Waals surface area contributed by atoms with Gasteiger partial charge in [0, 0.05) is 18.2 Å². The van der Waals surface area contributed by atoms with Crippen LogP contribution in [-0.2, 0) is 20.9 Å². The zero-order valence-corrected chi connectivity index (χ0v) is 20.9. The standard InChI is InChI=1S/C22H25N7O4.C2H4O2/c1-22(2,3)20(31)33-17-10-6-14(7-11-17)18-26-28-29(27-18)12-13-32-19(30)15-4-8-16(9-5-15)25-21(23)24;1-2(3)4/h4-11H,12-13H2,1-3H3,(H4,23,24,25);1H3,(H,3,4). The van der Waals surface area contributed by atoms with Gasteiger partial charge < -0.3 is 25.6 Å². The quantitative estimate of drug-likeness (QED) is 0.157. The number of nitrogens with zero attached hydrogens (tertiary/aromatic N) is 4. The Balaban J connectivity index is 0.00000112. The molecule has 1 heterocycles. The van der Waals surface area contributed by atoms with Crippen LogP contribution in [0.2, 0.25) is 0 Å². The van der Waals surface area contributed by atoms with Gasteiger partial charge in [0.2, 0.25) is 5.82 Å². The molecule has 13 nitrogen and oxygen atoms in total. The second kappa shape index (κ2) is 12.8. The van der Waals surface area contributed by atoms with Crippen molar-refractivity contribution < 1.29 is 29.0 Å². The number of rotatable bonds is 7. The lowest BCUT2D eigenvalue weighted by Gasteiger charge is -2.16. The minimum Gasteiger partial charge on any atom is -0.481 e. The minimum absolute atomic E-state index is 0.0593. The third-order valence-corrected chi connectivity index (χ3v) is 4.31. The molecule has 5 N–H and O–H groups in total. The van der Waals surface area contributed by atoms with Gasteiger partial charge in [-0.1, -0.05) is 0 Å². The maximum Gasteiger partial charge on any atom is 0.338 e. The Bertz CT molecular complexity index is 1230. The van der Waals surface area contributed by atoms with Gasteiger partial charge in [-0.15, -0.1) is 10.2 Å². The van der Waals surface area contributed by atoms with E-state index in [0.717, 1.165) is 6.92 Å². The molecule has 0 amide bonds. The first-order valence-electron chi connectivity index (χ1n) is 11.0. The Kier molecular flexibility index (Phi) is 9.81. The van der Waals surface area contributed by atoms with E-state index in [9.17, 15) is 9.59 Å². The second-order valence-electron chi connectivity index (χ2n) is 8.64. The van der Waals surface area contributed by atoms with Crippen LogP contribution in [0.4, 0.5) is 5.69 Å². The van der Waals surface area contributed by atoms with E-state index in [1.165, 1.54) is 4.80 Å². The first-order valence-corrected chi connectivity index (χ1v) is 11.0. The summed E-state index contributed by atoms with van der Waals surface area (Å²) >= 11 is 0. The molecule has 0 saturated carbocycles. The summed E-state index contributed by atoms with van der Waals surface area (Å²) in [5, 5.41) is 29.5. The molecule has 0 aliphatic carbocycles. The van der Waals surface area contributed by atoms with E-state index in [4.69, 9.17) is 30.5 Å². The van der Waals surface area contributed by atoms with Gasteiger partial charge in [0.15, 0.2) is 5.96 Å². The molecule has 37 heavy (non-hydrogen) atoms. The fourth-order valence-electron chi connectivity index (χ4n) is 2.53. The number of aliphatic carboxylic acids is 1. The number of nitrogens with two attached hydrogens (primary N) is 1. The van der Waals surface area contributed by atoms with E-state index in [1.54, 1.807) is 69.3 Å². The van der Waals surface area contributed by atoms with Crippen molar-refractivity contribution in [3.05, 3.63) is 54.1 Å². The maximum atomic E-state index is 12.2. The monoisotopic (exact) mass is 511 g/mol. The van der Waals surface area contributed by atoms with Crippen molar-refractivity contribution in [1.82, 2.24) is 20.2 Å². The van der Waals surface area contributed by atoms with Crippen molar-refractivity contribution in [3.63, 3.8) is 0 Å². The third kappa shape index (κ3) is 9.76. The van der Waals surface area contributed by atoms with Gasteiger partial charge in [-0.3, -0.25) is 15.0 Å². The summed E-state index contributed by atoms with van der Waals surface area (Å²) in [5.41, 5.74) is 6.33. The Hall–Kier alpha value is -4.81. The lowest BCUT2D eigenvalue weighted by atomic mass is 9.97. The fourth-order valence-corrected chi connectivity index (χ4v) is 2.53. The Morgan fingerprint density at radius 2 is 1.68 bits per heavy atom. The lowest BCUT2D eigenvalue weighted by molar-refractivity contribution is -0.143. The van der Waals surface area contributed by atoms with Crippen LogP contribution in [0.15, 0.2) is 48.5 Å². The second-order valence-corrected chi connectivity index (χ2v) is 8.64. The van der Waals surface area contributed by atoms with E-state index >= 15 is 0 Å². The highest BCUT2D eigenvalue weighted by Gasteiger charge is 2.23. The zero-order chi connectivity index (χ0) is 27.6. The number of hydrogen-bond donors (Lipinski definition) is 4. The highest BCUT2D eigenvalue weighted by atomic mass is 16.5. The maximum absolute atomic E-state index is 12.2. The molecule has 0 saturated heterocycles. The van der Waals surface area contributed by atoms with Crippen LogP contribution >= 0.6 is 0 Å². The number of benzene rings is 2. The number of esters is 2. The van der Waals surface area contributed by atoms with Crippen molar-refractivity contribution >= 4 is 29.6 Å². The predicted molar refractivity (Wildman–Crippen MR) is 134 cm³/mol. The number of ether oxygens (including phenoxy) is 2. The highest BCUT2D eigenvalue weighted by Crippen LogP contribution is 2.22. The van der Waals surface area contributed by atoms with Gasteiger partial charge >= 0.3 is 11.9 Å². The molecule has 0 aliphatic rings. The molecule has 13 heteroatoms. The summed E-state index contributed by atoms with van der Waals surface area (Å²) < 4.78 is 10.6. The van der Waals surface area contributed by atoms with Gasteiger partial charge in [0.1, 0.15) is 12.4 Å². The van der Waals surface area contributed by atoms with Crippen molar-refractivity contribution in [2.45, 2.75) is 34.2 Å². The summed E-state index contributed by atoms with van der Waals surface area (Å²) in [6.45, 7) is 6.72. The van der Waals surface area contributed by atoms with Gasteiger partial charge in [-0.05, 0) is 74.5 Å². The molecule has 0 bridgehead atoms. The summed E-state index contributed by atoms with van der Waals surface area (Å²) in [4.78, 5) is 34.5. The first-order chi connectivity index (χ1) is 17.3. The van der Waals surface area contributed by atoms with Crippen LogP contribution in [0.25, 0.3) is 11.4 Å². The molecule has 0 fully saturated rings. The fraction of sp³-hybridized carbons (Fsp3) is 0.292. The molecular formula is C24H29N7O6. The van der Waals surface area contributed by atoms with Crippen molar-refractivity contribution in [1.29, 1.82) is 5.41 Å². The largest absolute Gasteiger partial charge is 0.481 e. The number of nitrogens with one attached hydrogen (secondary N) is 2. The highest BCUT2D eigenvalue weighted by molar-refractivity contribution is 5.92. The van der Waals surface area contributed by atoms with E-state index in [-0.39, 0.29) is 25.1 Å². The van der Waals surface area contributed by atoms with Crippen LogP contribution in [0.3, 0.4) is 0 Å². The number of aromatic nitrogens is 4. The van der Waals surface area contributed by atoms with Crippen molar-refractivity contribution in [2.75, 3.05) is 11.9 Å². The van der Waals surface area contributed by atoms with Crippen LogP contribution in [0.5, 0.6) is 5.75 Å². The van der Waals surface area contributed by atoms with Crippen molar-refractivity contribution in [2.24, 2.45) is 11.1 Å². The molecule has 2 aromatic carbocycles. The average Bonchev–Trinajstić information content (AvgIpc) is 3.27. The van der Waals surface area contributed by atoms with E-state index in [0.29, 0.717) is 28.4 Å². The van der Waals surface area contributed by atoms with Gasteiger partial charge in [-0.25, -0.2) is 4.79 Å².